The van der Waals surface area contributed by atoms with Crippen LogP contribution in [0.1, 0.15) is 40.0 Å². The zero-order valence-corrected chi connectivity index (χ0v) is 18.9. The molecule has 27 heavy (non-hydrogen) atoms. The molecule has 9 heteroatoms. The number of likely N-dealkylation sites (tertiary alicyclic amines) is 1. The highest BCUT2D eigenvalue weighted by Crippen LogP contribution is 2.18. The summed E-state index contributed by atoms with van der Waals surface area (Å²) in [5, 5.41) is 3.31. The lowest BCUT2D eigenvalue weighted by Gasteiger charge is -2.39. The van der Waals surface area contributed by atoms with Crippen LogP contribution in [0.2, 0.25) is 0 Å². The second-order valence-electron chi connectivity index (χ2n) is 8.20. The van der Waals surface area contributed by atoms with Gasteiger partial charge in [0.1, 0.15) is 5.60 Å². The number of nitrogens with zero attached hydrogens (tertiary/aromatic N) is 4. The number of fused-ring (bicyclic) bond motifs is 1. The Morgan fingerprint density at radius 1 is 1.15 bits per heavy atom. The number of carbonyl (C=O) groups excluding carboxylic acids is 2. The zero-order chi connectivity index (χ0) is 18.7. The number of rotatable bonds is 3. The third kappa shape index (κ3) is 5.86. The Kier molecular flexibility index (Phi) is 7.58. The van der Waals surface area contributed by atoms with Crippen LogP contribution in [0.5, 0.6) is 0 Å². The highest BCUT2D eigenvalue weighted by Gasteiger charge is 2.36. The molecule has 0 spiro atoms. The molecule has 1 atom stereocenters. The maximum atomic E-state index is 12.2. The number of ether oxygens (including phenoxy) is 1. The van der Waals surface area contributed by atoms with Gasteiger partial charge in [-0.05, 0) is 33.6 Å². The number of aliphatic imine (C=N–C) groups is 1. The van der Waals surface area contributed by atoms with Crippen LogP contribution in [0.4, 0.5) is 4.79 Å². The fourth-order valence-corrected chi connectivity index (χ4v) is 3.63. The Morgan fingerprint density at radius 3 is 2.52 bits per heavy atom. The van der Waals surface area contributed by atoms with Gasteiger partial charge in [0, 0.05) is 45.7 Å². The molecular formula is C18H32IN5O3. The van der Waals surface area contributed by atoms with E-state index in [9.17, 15) is 9.59 Å². The average Bonchev–Trinajstić information content (AvgIpc) is 3.22. The van der Waals surface area contributed by atoms with Gasteiger partial charge in [-0.2, -0.15) is 0 Å². The number of guanidine groups is 1. The highest BCUT2D eigenvalue weighted by molar-refractivity contribution is 14.0. The van der Waals surface area contributed by atoms with E-state index in [-0.39, 0.29) is 42.0 Å². The van der Waals surface area contributed by atoms with Crippen molar-refractivity contribution in [3.05, 3.63) is 0 Å². The van der Waals surface area contributed by atoms with Gasteiger partial charge in [-0.1, -0.05) is 0 Å². The molecule has 3 aliphatic rings. The second kappa shape index (κ2) is 9.29. The van der Waals surface area contributed by atoms with Gasteiger partial charge in [-0.3, -0.25) is 9.79 Å². The Morgan fingerprint density at radius 2 is 1.85 bits per heavy atom. The summed E-state index contributed by atoms with van der Waals surface area (Å²) in [4.78, 5) is 34.8. The van der Waals surface area contributed by atoms with Crippen molar-refractivity contribution in [2.45, 2.75) is 51.7 Å². The van der Waals surface area contributed by atoms with Gasteiger partial charge in [0.25, 0.3) is 0 Å². The summed E-state index contributed by atoms with van der Waals surface area (Å²) in [6.45, 7) is 10.7. The average molecular weight is 493 g/mol. The van der Waals surface area contributed by atoms with E-state index in [2.05, 4.69) is 15.2 Å². The van der Waals surface area contributed by atoms with Crippen LogP contribution in [0, 0.1) is 0 Å². The third-order valence-electron chi connectivity index (χ3n) is 4.94. The van der Waals surface area contributed by atoms with Crippen LogP contribution in [0.3, 0.4) is 0 Å². The van der Waals surface area contributed by atoms with Crippen molar-refractivity contribution in [2.75, 3.05) is 45.8 Å². The molecule has 0 aromatic rings. The van der Waals surface area contributed by atoms with Crippen molar-refractivity contribution >= 4 is 41.9 Å². The number of amides is 2. The molecule has 0 aliphatic carbocycles. The standard InChI is InChI=1S/C18H31N5O3.HI/c1-18(2,3)26-17(25)22-10-11-23-14(13-22)12-20-16(23)19-7-6-15(24)21-8-4-5-9-21;/h14H,4-13H2,1-3H3,(H,19,20);1H. The summed E-state index contributed by atoms with van der Waals surface area (Å²) in [5.74, 6) is 1.08. The minimum Gasteiger partial charge on any atom is -0.444 e. The van der Waals surface area contributed by atoms with E-state index in [0.717, 1.165) is 38.4 Å². The van der Waals surface area contributed by atoms with Gasteiger partial charge >= 0.3 is 6.09 Å². The van der Waals surface area contributed by atoms with Crippen molar-refractivity contribution in [3.63, 3.8) is 0 Å². The molecule has 2 saturated heterocycles. The number of carbonyl (C=O) groups is 2. The topological polar surface area (TPSA) is 77.5 Å². The quantitative estimate of drug-likeness (QED) is 0.604. The van der Waals surface area contributed by atoms with Crippen molar-refractivity contribution in [2.24, 2.45) is 4.99 Å². The molecule has 8 nitrogen and oxygen atoms in total. The maximum Gasteiger partial charge on any atom is 0.410 e. The predicted molar refractivity (Wildman–Crippen MR) is 114 cm³/mol. The molecule has 0 saturated carbocycles. The van der Waals surface area contributed by atoms with Crippen LogP contribution >= 0.6 is 24.0 Å². The van der Waals surface area contributed by atoms with E-state index < -0.39 is 5.60 Å². The summed E-state index contributed by atoms with van der Waals surface area (Å²) < 4.78 is 5.47. The molecule has 1 N–H and O–H groups in total. The van der Waals surface area contributed by atoms with Crippen molar-refractivity contribution in [1.29, 1.82) is 0 Å². The molecule has 154 valence electrons. The number of hydrogen-bond acceptors (Lipinski definition) is 6. The number of nitrogens with one attached hydrogen (secondary N) is 1. The first kappa shape index (κ1) is 22.0. The lowest BCUT2D eigenvalue weighted by atomic mass is 10.2. The Hall–Kier alpha value is -1.26. The zero-order valence-electron chi connectivity index (χ0n) is 16.6. The minimum atomic E-state index is -0.477. The van der Waals surface area contributed by atoms with Gasteiger partial charge in [0.05, 0.1) is 12.6 Å². The first-order valence-corrected chi connectivity index (χ1v) is 9.64. The van der Waals surface area contributed by atoms with E-state index in [1.165, 1.54) is 0 Å². The highest BCUT2D eigenvalue weighted by atomic mass is 127. The van der Waals surface area contributed by atoms with E-state index in [1.54, 1.807) is 4.90 Å². The van der Waals surface area contributed by atoms with E-state index in [1.807, 2.05) is 25.7 Å². The Labute approximate surface area is 178 Å². The molecule has 0 radical (unpaired) electrons. The largest absolute Gasteiger partial charge is 0.444 e. The molecule has 0 bridgehead atoms. The van der Waals surface area contributed by atoms with Crippen LogP contribution < -0.4 is 5.32 Å². The SMILES string of the molecule is CC(C)(C)OC(=O)N1CCN2C(NCCC(=O)N3CCCC3)=NCC2C1.I. The molecule has 2 amide bonds. The summed E-state index contributed by atoms with van der Waals surface area (Å²) in [5.41, 5.74) is -0.477. The fraction of sp³-hybridized carbons (Fsp3) is 0.833. The molecule has 3 aliphatic heterocycles. The third-order valence-corrected chi connectivity index (χ3v) is 4.94. The lowest BCUT2D eigenvalue weighted by molar-refractivity contribution is -0.129. The molecule has 3 rings (SSSR count). The summed E-state index contributed by atoms with van der Waals surface area (Å²) in [6.07, 6.45) is 2.49. The van der Waals surface area contributed by atoms with Gasteiger partial charge in [0.15, 0.2) is 5.96 Å². The molecule has 0 aromatic carbocycles. The Bertz CT molecular complexity index is 572. The predicted octanol–water partition coefficient (Wildman–Crippen LogP) is 1.50. The monoisotopic (exact) mass is 493 g/mol. The van der Waals surface area contributed by atoms with E-state index >= 15 is 0 Å². The van der Waals surface area contributed by atoms with E-state index in [4.69, 9.17) is 4.74 Å². The lowest BCUT2D eigenvalue weighted by Crippen LogP contribution is -2.57. The van der Waals surface area contributed by atoms with Gasteiger partial charge in [-0.15, -0.1) is 24.0 Å². The van der Waals surface area contributed by atoms with Crippen molar-refractivity contribution in [1.82, 2.24) is 20.0 Å². The van der Waals surface area contributed by atoms with Crippen LogP contribution in [-0.4, -0.2) is 90.1 Å². The van der Waals surface area contributed by atoms with E-state index in [0.29, 0.717) is 32.6 Å². The number of hydrogen-bond donors (Lipinski definition) is 1. The van der Waals surface area contributed by atoms with Gasteiger partial charge in [-0.25, -0.2) is 4.79 Å². The summed E-state index contributed by atoms with van der Waals surface area (Å²) >= 11 is 0. The van der Waals surface area contributed by atoms with Crippen molar-refractivity contribution in [3.8, 4) is 0 Å². The Balaban J connectivity index is 0.00000261. The molecule has 1 unspecified atom stereocenters. The van der Waals surface area contributed by atoms with Gasteiger partial charge in [0.2, 0.25) is 5.91 Å². The smallest absolute Gasteiger partial charge is 0.410 e. The molecule has 3 heterocycles. The summed E-state index contributed by atoms with van der Waals surface area (Å²) in [7, 11) is 0. The first-order valence-electron chi connectivity index (χ1n) is 9.64. The maximum absolute atomic E-state index is 12.2. The second-order valence-corrected chi connectivity index (χ2v) is 8.20. The van der Waals surface area contributed by atoms with Crippen LogP contribution in [0.15, 0.2) is 4.99 Å². The normalized spacial score (nSPS) is 22.1. The number of piperazine rings is 1. The molecule has 0 aromatic heterocycles. The molecule has 2 fully saturated rings. The van der Waals surface area contributed by atoms with Gasteiger partial charge < -0.3 is 24.8 Å². The minimum absolute atomic E-state index is 0. The summed E-state index contributed by atoms with van der Waals surface area (Å²) in [6, 6.07) is 0.188. The fourth-order valence-electron chi connectivity index (χ4n) is 3.63. The van der Waals surface area contributed by atoms with Crippen LogP contribution in [-0.2, 0) is 9.53 Å². The first-order chi connectivity index (χ1) is 12.3. The van der Waals surface area contributed by atoms with Crippen LogP contribution in [0.25, 0.3) is 0 Å². The number of halogens is 1. The van der Waals surface area contributed by atoms with Crippen molar-refractivity contribution < 1.29 is 14.3 Å². The molecular weight excluding hydrogens is 461 g/mol.